The van der Waals surface area contributed by atoms with E-state index in [0.717, 1.165) is 53.1 Å². The topological polar surface area (TPSA) is 46.2 Å². The summed E-state index contributed by atoms with van der Waals surface area (Å²) in [6.07, 6.45) is 19.3. The summed E-state index contributed by atoms with van der Waals surface area (Å²) in [6, 6.07) is 8.39. The van der Waals surface area contributed by atoms with Crippen molar-refractivity contribution < 1.29 is 23.7 Å². The zero-order valence-electron chi connectivity index (χ0n) is 23.7. The van der Waals surface area contributed by atoms with Crippen molar-refractivity contribution >= 4 is 12.2 Å². The van der Waals surface area contributed by atoms with Crippen LogP contribution in [0.2, 0.25) is 0 Å². The van der Waals surface area contributed by atoms with Crippen LogP contribution in [0.15, 0.2) is 107 Å². The summed E-state index contributed by atoms with van der Waals surface area (Å²) >= 11 is 0. The van der Waals surface area contributed by atoms with Crippen molar-refractivity contribution in [2.24, 2.45) is 0 Å². The van der Waals surface area contributed by atoms with E-state index in [1.54, 1.807) is 21.3 Å². The van der Waals surface area contributed by atoms with Gasteiger partial charge in [0.2, 0.25) is 5.76 Å². The lowest BCUT2D eigenvalue weighted by Crippen LogP contribution is -2.03. The summed E-state index contributed by atoms with van der Waals surface area (Å²) < 4.78 is 28.0. The number of ether oxygens (including phenoxy) is 5. The molecule has 0 spiro atoms. The standard InChI is InChI=1S/C33H42O5/c1-8-22-38-33(26(4)34-5)32(36-7)23-25(3)14-15-27-16-18-28(19-17-27)20-21-29-12-10-11-13-30(37-9-2)31(24-29)35-6/h12-21,23-24H,4,8-11,22H2,1-3,5-7H3/b15-14+,21-20+,25-23+,29-12-,30-13+,31-24-,33-32-. The third-order valence-electron chi connectivity index (χ3n) is 5.63. The summed E-state index contributed by atoms with van der Waals surface area (Å²) in [5.41, 5.74) is 4.31. The van der Waals surface area contributed by atoms with Crippen LogP contribution in [0.3, 0.4) is 0 Å². The van der Waals surface area contributed by atoms with Crippen LogP contribution in [0.25, 0.3) is 12.2 Å². The molecule has 0 bridgehead atoms. The van der Waals surface area contributed by atoms with Gasteiger partial charge >= 0.3 is 0 Å². The fourth-order valence-corrected chi connectivity index (χ4v) is 3.60. The van der Waals surface area contributed by atoms with Gasteiger partial charge in [-0.25, -0.2) is 0 Å². The largest absolute Gasteiger partial charge is 0.493 e. The van der Waals surface area contributed by atoms with E-state index in [0.29, 0.717) is 30.5 Å². The summed E-state index contributed by atoms with van der Waals surface area (Å²) in [5.74, 6) is 3.07. The Morgan fingerprint density at radius 3 is 2.18 bits per heavy atom. The van der Waals surface area contributed by atoms with Crippen LogP contribution in [0, 0.1) is 0 Å². The quantitative estimate of drug-likeness (QED) is 0.183. The van der Waals surface area contributed by atoms with Crippen molar-refractivity contribution in [3.8, 4) is 0 Å². The molecule has 5 heteroatoms. The van der Waals surface area contributed by atoms with E-state index in [9.17, 15) is 0 Å². The fraction of sp³-hybridized carbons (Fsp3) is 0.333. The van der Waals surface area contributed by atoms with E-state index in [2.05, 4.69) is 61.2 Å². The average Bonchev–Trinajstić information content (AvgIpc) is 2.93. The van der Waals surface area contributed by atoms with Crippen LogP contribution in [0.1, 0.15) is 51.2 Å². The molecule has 0 unspecified atom stereocenters. The van der Waals surface area contributed by atoms with Gasteiger partial charge in [0.25, 0.3) is 0 Å². The number of hydrogen-bond acceptors (Lipinski definition) is 5. The Kier molecular flexibility index (Phi) is 13.4. The second-order valence-electron chi connectivity index (χ2n) is 8.59. The molecule has 1 aliphatic rings. The SMILES string of the molecule is C=C(OC)\C(OCCC)=C(/C=C(C)/C=C/c1ccc(/C=C/C2=C/CC/C=C(OCC)\C(OC)=C\2)cc1)OC. The molecule has 2 rings (SSSR count). The predicted octanol–water partition coefficient (Wildman–Crippen LogP) is 8.27. The first-order valence-corrected chi connectivity index (χ1v) is 13.0. The molecule has 0 atom stereocenters. The maximum atomic E-state index is 5.81. The Morgan fingerprint density at radius 1 is 0.895 bits per heavy atom. The monoisotopic (exact) mass is 518 g/mol. The fourth-order valence-electron chi connectivity index (χ4n) is 3.60. The highest BCUT2D eigenvalue weighted by atomic mass is 16.5. The van der Waals surface area contributed by atoms with Gasteiger partial charge < -0.3 is 23.7 Å². The highest BCUT2D eigenvalue weighted by Crippen LogP contribution is 2.22. The van der Waals surface area contributed by atoms with Crippen molar-refractivity contribution in [1.82, 2.24) is 0 Å². The Bertz CT molecular complexity index is 1120. The smallest absolute Gasteiger partial charge is 0.202 e. The molecule has 0 fully saturated rings. The van der Waals surface area contributed by atoms with E-state index < -0.39 is 0 Å². The maximum Gasteiger partial charge on any atom is 0.202 e. The molecular weight excluding hydrogens is 476 g/mol. The lowest BCUT2D eigenvalue weighted by molar-refractivity contribution is 0.155. The Hall–Kier alpha value is -3.86. The van der Waals surface area contributed by atoms with Crippen molar-refractivity contribution in [1.29, 1.82) is 0 Å². The number of hydrogen-bond donors (Lipinski definition) is 0. The van der Waals surface area contributed by atoms with Gasteiger partial charge in [0.15, 0.2) is 23.0 Å². The van der Waals surface area contributed by atoms with Crippen LogP contribution in [0.4, 0.5) is 0 Å². The van der Waals surface area contributed by atoms with Gasteiger partial charge in [0, 0.05) is 0 Å². The van der Waals surface area contributed by atoms with Gasteiger partial charge in [-0.05, 0) is 73.6 Å². The molecule has 1 aromatic rings. The molecule has 0 N–H and O–H groups in total. The highest BCUT2D eigenvalue weighted by Gasteiger charge is 2.12. The van der Waals surface area contributed by atoms with Gasteiger partial charge in [0.1, 0.15) is 0 Å². The van der Waals surface area contributed by atoms with Crippen molar-refractivity contribution in [2.45, 2.75) is 40.0 Å². The van der Waals surface area contributed by atoms with Crippen LogP contribution in [-0.2, 0) is 23.7 Å². The van der Waals surface area contributed by atoms with Gasteiger partial charge in [-0.3, -0.25) is 0 Å². The average molecular weight is 519 g/mol. The van der Waals surface area contributed by atoms with E-state index in [1.165, 1.54) is 0 Å². The van der Waals surface area contributed by atoms with Crippen LogP contribution >= 0.6 is 0 Å². The molecule has 5 nitrogen and oxygen atoms in total. The minimum atomic E-state index is 0.433. The molecule has 38 heavy (non-hydrogen) atoms. The Labute approximate surface area is 228 Å². The van der Waals surface area contributed by atoms with Crippen LogP contribution in [-0.4, -0.2) is 34.5 Å². The molecule has 204 valence electrons. The van der Waals surface area contributed by atoms with Gasteiger partial charge in [-0.15, -0.1) is 0 Å². The molecule has 1 aliphatic carbocycles. The number of benzene rings is 1. The molecule has 0 aliphatic heterocycles. The molecular formula is C33H42O5. The number of rotatable bonds is 14. The minimum Gasteiger partial charge on any atom is -0.493 e. The summed E-state index contributed by atoms with van der Waals surface area (Å²) in [4.78, 5) is 0. The Balaban J connectivity index is 2.15. The molecule has 0 saturated carbocycles. The second-order valence-corrected chi connectivity index (χ2v) is 8.59. The number of methoxy groups -OCH3 is 3. The van der Waals surface area contributed by atoms with Crippen molar-refractivity contribution in [2.75, 3.05) is 34.5 Å². The van der Waals surface area contributed by atoms with E-state index >= 15 is 0 Å². The first-order valence-electron chi connectivity index (χ1n) is 13.0. The van der Waals surface area contributed by atoms with Gasteiger partial charge in [0.05, 0.1) is 34.5 Å². The van der Waals surface area contributed by atoms with Crippen molar-refractivity contribution in [3.05, 3.63) is 118 Å². The van der Waals surface area contributed by atoms with Gasteiger partial charge in [-0.2, -0.15) is 0 Å². The third kappa shape index (κ3) is 9.89. The predicted molar refractivity (Wildman–Crippen MR) is 157 cm³/mol. The lowest BCUT2D eigenvalue weighted by atomic mass is 10.1. The second kappa shape index (κ2) is 16.8. The summed E-state index contributed by atoms with van der Waals surface area (Å²) in [5, 5.41) is 0. The molecule has 0 amide bonds. The van der Waals surface area contributed by atoms with E-state index in [1.807, 2.05) is 39.0 Å². The van der Waals surface area contributed by atoms with E-state index in [-0.39, 0.29) is 0 Å². The molecule has 0 saturated heterocycles. The van der Waals surface area contributed by atoms with Crippen LogP contribution in [0.5, 0.6) is 0 Å². The summed E-state index contributed by atoms with van der Waals surface area (Å²) in [6.45, 7) is 11.1. The Morgan fingerprint density at radius 2 is 1.58 bits per heavy atom. The highest BCUT2D eigenvalue weighted by molar-refractivity contribution is 5.60. The minimum absolute atomic E-state index is 0.433. The molecule has 0 radical (unpaired) electrons. The zero-order valence-corrected chi connectivity index (χ0v) is 23.7. The first-order chi connectivity index (χ1) is 18.4. The zero-order chi connectivity index (χ0) is 27.8. The molecule has 0 aromatic heterocycles. The van der Waals surface area contributed by atoms with Gasteiger partial charge in [-0.1, -0.05) is 68.1 Å². The number of allylic oxidation sites excluding steroid dienone is 8. The third-order valence-corrected chi connectivity index (χ3v) is 5.63. The van der Waals surface area contributed by atoms with Crippen molar-refractivity contribution in [3.63, 3.8) is 0 Å². The van der Waals surface area contributed by atoms with E-state index in [4.69, 9.17) is 23.7 Å². The van der Waals surface area contributed by atoms with Crippen LogP contribution < -0.4 is 0 Å². The molecule has 1 aromatic carbocycles. The first kappa shape index (κ1) is 30.4. The summed E-state index contributed by atoms with van der Waals surface area (Å²) in [7, 11) is 4.85. The lowest BCUT2D eigenvalue weighted by Gasteiger charge is -2.14. The molecule has 0 heterocycles. The maximum absolute atomic E-state index is 5.81. The normalized spacial score (nSPS) is 19.2.